The Morgan fingerprint density at radius 3 is 2.65 bits per heavy atom. The van der Waals surface area contributed by atoms with E-state index in [2.05, 4.69) is 22.5 Å². The standard InChI is InChI=1S/C24H36N4O5S/c1-16-6-10-27(11-7-16)12-8-25-24(30)19-5-4-9-28(15-19)34(31,32)22-14-21-20(13-17(22)2)26-23(29)18(3)33-21/h13-14,16,18-19H,4-12,15H2,1-3H3,(H,25,30)(H,26,29)/t18-,19-/m0/s1. The number of anilines is 1. The molecule has 0 radical (unpaired) electrons. The van der Waals surface area contributed by atoms with Gasteiger partial charge in [0.15, 0.2) is 6.10 Å². The number of nitrogens with zero attached hydrogens (tertiary/aromatic N) is 2. The summed E-state index contributed by atoms with van der Waals surface area (Å²) in [5.41, 5.74) is 0.998. The van der Waals surface area contributed by atoms with Crippen LogP contribution in [0.3, 0.4) is 0 Å². The molecule has 2 amide bonds. The van der Waals surface area contributed by atoms with Crippen LogP contribution in [-0.2, 0) is 19.6 Å². The molecule has 2 fully saturated rings. The second kappa shape index (κ2) is 10.2. The Labute approximate surface area is 202 Å². The molecule has 34 heavy (non-hydrogen) atoms. The van der Waals surface area contributed by atoms with Crippen molar-refractivity contribution in [1.29, 1.82) is 0 Å². The lowest BCUT2D eigenvalue weighted by Crippen LogP contribution is -2.47. The minimum Gasteiger partial charge on any atom is -0.479 e. The van der Waals surface area contributed by atoms with Crippen LogP contribution in [0.5, 0.6) is 5.75 Å². The number of rotatable bonds is 6. The van der Waals surface area contributed by atoms with Crippen LogP contribution in [-0.4, -0.2) is 74.8 Å². The fraction of sp³-hybridized carbons (Fsp3) is 0.667. The molecule has 0 unspecified atom stereocenters. The fourth-order valence-electron chi connectivity index (χ4n) is 4.90. The molecule has 0 bridgehead atoms. The third kappa shape index (κ3) is 5.39. The van der Waals surface area contributed by atoms with Gasteiger partial charge in [0.25, 0.3) is 5.91 Å². The van der Waals surface area contributed by atoms with Gasteiger partial charge in [-0.25, -0.2) is 8.42 Å². The van der Waals surface area contributed by atoms with Crippen LogP contribution in [0.2, 0.25) is 0 Å². The van der Waals surface area contributed by atoms with Gasteiger partial charge in [-0.15, -0.1) is 0 Å². The zero-order valence-electron chi connectivity index (χ0n) is 20.3. The second-order valence-corrected chi connectivity index (χ2v) is 11.8. The van der Waals surface area contributed by atoms with Gasteiger partial charge in [0.05, 0.1) is 16.5 Å². The molecule has 0 aliphatic carbocycles. The van der Waals surface area contributed by atoms with Crippen molar-refractivity contribution in [2.75, 3.05) is 44.6 Å². The third-order valence-electron chi connectivity index (χ3n) is 7.18. The molecule has 3 heterocycles. The maximum Gasteiger partial charge on any atom is 0.265 e. The highest BCUT2D eigenvalue weighted by molar-refractivity contribution is 7.89. The van der Waals surface area contributed by atoms with Crippen LogP contribution in [0.25, 0.3) is 0 Å². The molecule has 2 saturated heterocycles. The number of carbonyl (C=O) groups excluding carboxylic acids is 2. The zero-order valence-corrected chi connectivity index (χ0v) is 21.1. The highest BCUT2D eigenvalue weighted by Gasteiger charge is 2.35. The minimum atomic E-state index is -3.81. The van der Waals surface area contributed by atoms with E-state index in [-0.39, 0.29) is 29.2 Å². The summed E-state index contributed by atoms with van der Waals surface area (Å²) in [4.78, 5) is 27.2. The lowest BCUT2D eigenvalue weighted by atomic mass is 9.98. The number of likely N-dealkylation sites (tertiary alicyclic amines) is 1. The van der Waals surface area contributed by atoms with E-state index in [4.69, 9.17) is 4.74 Å². The van der Waals surface area contributed by atoms with Crippen LogP contribution >= 0.6 is 0 Å². The van der Waals surface area contributed by atoms with Gasteiger partial charge in [0.1, 0.15) is 5.75 Å². The van der Waals surface area contributed by atoms with Crippen LogP contribution in [0, 0.1) is 18.8 Å². The van der Waals surface area contributed by atoms with Crippen LogP contribution in [0.15, 0.2) is 17.0 Å². The quantitative estimate of drug-likeness (QED) is 0.629. The maximum absolute atomic E-state index is 13.5. The van der Waals surface area contributed by atoms with Gasteiger partial charge in [0, 0.05) is 32.2 Å². The first-order valence-electron chi connectivity index (χ1n) is 12.3. The molecule has 1 aromatic rings. The fourth-order valence-corrected chi connectivity index (χ4v) is 6.65. The topological polar surface area (TPSA) is 108 Å². The molecule has 10 heteroatoms. The number of hydrogen-bond acceptors (Lipinski definition) is 6. The average molecular weight is 493 g/mol. The lowest BCUT2D eigenvalue weighted by Gasteiger charge is -2.33. The summed E-state index contributed by atoms with van der Waals surface area (Å²) in [6.07, 6.45) is 3.01. The van der Waals surface area contributed by atoms with Gasteiger partial charge >= 0.3 is 0 Å². The molecule has 2 N–H and O–H groups in total. The number of piperidine rings is 2. The molecule has 2 atom stereocenters. The summed E-state index contributed by atoms with van der Waals surface area (Å²) in [5.74, 6) is 0.413. The molecule has 9 nitrogen and oxygen atoms in total. The molecule has 3 aliphatic heterocycles. The van der Waals surface area contributed by atoms with E-state index < -0.39 is 16.1 Å². The van der Waals surface area contributed by atoms with Gasteiger partial charge in [-0.2, -0.15) is 4.31 Å². The lowest BCUT2D eigenvalue weighted by molar-refractivity contribution is -0.126. The maximum atomic E-state index is 13.5. The molecular formula is C24H36N4O5S. The second-order valence-electron chi connectivity index (χ2n) is 9.88. The van der Waals surface area contributed by atoms with Gasteiger partial charge in [-0.05, 0) is 70.2 Å². The van der Waals surface area contributed by atoms with Crippen LogP contribution < -0.4 is 15.4 Å². The van der Waals surface area contributed by atoms with Crippen molar-refractivity contribution < 1.29 is 22.7 Å². The van der Waals surface area contributed by atoms with Crippen LogP contribution in [0.1, 0.15) is 45.1 Å². The third-order valence-corrected chi connectivity index (χ3v) is 9.19. The molecule has 1 aromatic carbocycles. The number of nitrogens with one attached hydrogen (secondary N) is 2. The van der Waals surface area contributed by atoms with Gasteiger partial charge in [-0.3, -0.25) is 9.59 Å². The van der Waals surface area contributed by atoms with Crippen molar-refractivity contribution in [3.8, 4) is 5.75 Å². The molecule has 4 rings (SSSR count). The molecule has 3 aliphatic rings. The van der Waals surface area contributed by atoms with Crippen molar-refractivity contribution in [1.82, 2.24) is 14.5 Å². The number of sulfonamides is 1. The molecule has 0 aromatic heterocycles. The molecule has 0 spiro atoms. The number of aryl methyl sites for hydroxylation is 1. The van der Waals surface area contributed by atoms with Gasteiger partial charge in [-0.1, -0.05) is 6.92 Å². The van der Waals surface area contributed by atoms with E-state index in [1.165, 1.54) is 23.2 Å². The summed E-state index contributed by atoms with van der Waals surface area (Å²) in [6, 6.07) is 3.11. The first-order chi connectivity index (χ1) is 16.1. The highest BCUT2D eigenvalue weighted by Crippen LogP contribution is 2.36. The van der Waals surface area contributed by atoms with E-state index in [0.29, 0.717) is 42.9 Å². The zero-order chi connectivity index (χ0) is 24.5. The average Bonchev–Trinajstić information content (AvgIpc) is 2.81. The SMILES string of the molecule is Cc1cc2c(cc1S(=O)(=O)N1CCC[C@H](C(=O)NCCN3CCC(C)CC3)C1)O[C@@H](C)C(=O)N2. The first kappa shape index (κ1) is 24.9. The van der Waals surface area contributed by atoms with Crippen molar-refractivity contribution in [3.63, 3.8) is 0 Å². The van der Waals surface area contributed by atoms with Gasteiger partial charge in [0.2, 0.25) is 15.9 Å². The Balaban J connectivity index is 1.39. The molecule has 188 valence electrons. The Morgan fingerprint density at radius 2 is 1.91 bits per heavy atom. The largest absolute Gasteiger partial charge is 0.479 e. The van der Waals surface area contributed by atoms with E-state index >= 15 is 0 Å². The summed E-state index contributed by atoms with van der Waals surface area (Å²) in [6.45, 7) is 9.69. The summed E-state index contributed by atoms with van der Waals surface area (Å²) >= 11 is 0. The van der Waals surface area contributed by atoms with Crippen LogP contribution in [0.4, 0.5) is 5.69 Å². The van der Waals surface area contributed by atoms with Crippen molar-refractivity contribution in [3.05, 3.63) is 17.7 Å². The van der Waals surface area contributed by atoms with Crippen molar-refractivity contribution >= 4 is 27.5 Å². The molecular weight excluding hydrogens is 456 g/mol. The summed E-state index contributed by atoms with van der Waals surface area (Å²) in [7, 11) is -3.81. The van der Waals surface area contributed by atoms with Crippen molar-refractivity contribution in [2.45, 2.75) is 57.5 Å². The predicted octanol–water partition coefficient (Wildman–Crippen LogP) is 1.96. The smallest absolute Gasteiger partial charge is 0.265 e. The normalized spacial score (nSPS) is 24.7. The molecule has 0 saturated carbocycles. The number of carbonyl (C=O) groups is 2. The predicted molar refractivity (Wildman–Crippen MR) is 129 cm³/mol. The Morgan fingerprint density at radius 1 is 1.18 bits per heavy atom. The monoisotopic (exact) mass is 492 g/mol. The van der Waals surface area contributed by atoms with E-state index in [1.54, 1.807) is 19.9 Å². The first-order valence-corrected chi connectivity index (χ1v) is 13.7. The number of ether oxygens (including phenoxy) is 1. The Kier molecular flexibility index (Phi) is 7.49. The summed E-state index contributed by atoms with van der Waals surface area (Å²) < 4.78 is 34.0. The van der Waals surface area contributed by atoms with Crippen molar-refractivity contribution in [2.24, 2.45) is 11.8 Å². The Bertz CT molecular complexity index is 1040. The number of hydrogen-bond donors (Lipinski definition) is 2. The number of benzene rings is 1. The summed E-state index contributed by atoms with van der Waals surface area (Å²) in [5, 5.41) is 5.77. The van der Waals surface area contributed by atoms with E-state index in [1.807, 2.05) is 0 Å². The number of amides is 2. The van der Waals surface area contributed by atoms with E-state index in [9.17, 15) is 18.0 Å². The number of fused-ring (bicyclic) bond motifs is 1. The Hall–Kier alpha value is -2.17. The van der Waals surface area contributed by atoms with Gasteiger partial charge < -0.3 is 20.3 Å². The minimum absolute atomic E-state index is 0.0766. The highest BCUT2D eigenvalue weighted by atomic mass is 32.2. The van der Waals surface area contributed by atoms with E-state index in [0.717, 1.165) is 25.6 Å².